The number of hydrogen-bond acceptors (Lipinski definition) is 0. The van der Waals surface area contributed by atoms with E-state index in [4.69, 9.17) is 0 Å². The predicted octanol–water partition coefficient (Wildman–Crippen LogP) is 16.0. The Morgan fingerprint density at radius 1 is 0.238 bits per heavy atom. The van der Waals surface area contributed by atoms with Gasteiger partial charge in [-0.3, -0.25) is 0 Å². The predicted molar refractivity (Wildman–Crippen MR) is 263 cm³/mol. The molecule has 12 aromatic rings. The standard InChI is InChI=1S/C61H38N2/c1-2-18-41-40(17-1)42-19-3-4-21-44(42)54-36-39(63-58-31-15-11-25-48(58)49-26-12-16-32-59(49)63)37-55(61(54)50-27-7-5-20-43(41)50)60-51-28-8-6-22-45(51)53-35-38(33-34-52(53)60)62-56-29-13-9-23-46(56)47-24-10-14-30-57(47)62/h1-37,60H. The van der Waals surface area contributed by atoms with E-state index in [1.165, 1.54) is 122 Å². The van der Waals surface area contributed by atoms with Crippen LogP contribution in [0.2, 0.25) is 0 Å². The van der Waals surface area contributed by atoms with Gasteiger partial charge in [-0.1, -0.05) is 176 Å². The fourth-order valence-electron chi connectivity index (χ4n) is 11.4. The molecule has 0 N–H and O–H groups in total. The van der Waals surface area contributed by atoms with E-state index in [9.17, 15) is 0 Å². The van der Waals surface area contributed by atoms with Crippen molar-refractivity contribution in [2.24, 2.45) is 0 Å². The van der Waals surface area contributed by atoms with Crippen LogP contribution in [0.1, 0.15) is 22.6 Å². The second kappa shape index (κ2) is 13.1. The van der Waals surface area contributed by atoms with E-state index in [1.54, 1.807) is 0 Å². The van der Waals surface area contributed by atoms with Crippen LogP contribution in [-0.4, -0.2) is 9.13 Å². The minimum atomic E-state index is -0.0277. The Hall–Kier alpha value is -8.20. The molecular weight excluding hydrogens is 761 g/mol. The molecule has 1 atom stereocenters. The zero-order valence-corrected chi connectivity index (χ0v) is 34.3. The SMILES string of the molecule is c1ccc2c(c1)-c1ccccc1-c1cc(-n3c4ccccc4c4ccccc43)cc(C3c4ccccc4-c4cc(-n5c6ccccc6c6ccccc65)ccc43)c1-c1ccccc1-2. The lowest BCUT2D eigenvalue weighted by atomic mass is 9.75. The summed E-state index contributed by atoms with van der Waals surface area (Å²) in [6.07, 6.45) is 0. The highest BCUT2D eigenvalue weighted by Gasteiger charge is 2.35. The maximum atomic E-state index is 2.53. The van der Waals surface area contributed by atoms with Crippen molar-refractivity contribution < 1.29 is 0 Å². The zero-order chi connectivity index (χ0) is 41.2. The summed E-state index contributed by atoms with van der Waals surface area (Å²) in [5.74, 6) is -0.0277. The normalized spacial score (nSPS) is 13.6. The van der Waals surface area contributed by atoms with E-state index in [1.807, 2.05) is 0 Å². The van der Waals surface area contributed by atoms with Gasteiger partial charge in [0, 0.05) is 38.8 Å². The lowest BCUT2D eigenvalue weighted by Crippen LogP contribution is -2.08. The Kier molecular flexibility index (Phi) is 7.20. The molecule has 0 bridgehead atoms. The van der Waals surface area contributed by atoms with E-state index < -0.39 is 0 Å². The van der Waals surface area contributed by atoms with E-state index >= 15 is 0 Å². The summed E-state index contributed by atoms with van der Waals surface area (Å²) in [4.78, 5) is 0. The van der Waals surface area contributed by atoms with E-state index in [0.29, 0.717) is 0 Å². The maximum Gasteiger partial charge on any atom is 0.0541 e. The monoisotopic (exact) mass is 798 g/mol. The quantitative estimate of drug-likeness (QED) is 0.168. The maximum absolute atomic E-state index is 2.53. The first-order chi connectivity index (χ1) is 31.3. The van der Waals surface area contributed by atoms with Gasteiger partial charge >= 0.3 is 0 Å². The van der Waals surface area contributed by atoms with Crippen molar-refractivity contribution in [3.05, 3.63) is 241 Å². The second-order valence-corrected chi connectivity index (χ2v) is 17.1. The van der Waals surface area contributed by atoms with Crippen LogP contribution in [0.5, 0.6) is 0 Å². The molecule has 2 aliphatic carbocycles. The number of aromatic nitrogens is 2. The van der Waals surface area contributed by atoms with Gasteiger partial charge in [-0.2, -0.15) is 0 Å². The highest BCUT2D eigenvalue weighted by molar-refractivity contribution is 6.11. The van der Waals surface area contributed by atoms with Crippen LogP contribution in [0.4, 0.5) is 0 Å². The number of fused-ring (bicyclic) bond motifs is 17. The molecule has 0 aliphatic heterocycles. The molecule has 2 aromatic heterocycles. The number of nitrogens with zero attached hydrogens (tertiary/aromatic N) is 2. The van der Waals surface area contributed by atoms with Crippen molar-refractivity contribution in [2.75, 3.05) is 0 Å². The van der Waals surface area contributed by atoms with Crippen LogP contribution in [-0.2, 0) is 0 Å². The van der Waals surface area contributed by atoms with Gasteiger partial charge in [0.15, 0.2) is 0 Å². The fourth-order valence-corrected chi connectivity index (χ4v) is 11.4. The van der Waals surface area contributed by atoms with Crippen molar-refractivity contribution in [3.8, 4) is 67.0 Å². The Morgan fingerprint density at radius 2 is 0.603 bits per heavy atom. The van der Waals surface area contributed by atoms with Gasteiger partial charge < -0.3 is 9.13 Å². The molecule has 0 fully saturated rings. The van der Waals surface area contributed by atoms with E-state index in [0.717, 1.165) is 5.69 Å². The number of hydrogen-bond donors (Lipinski definition) is 0. The Balaban J connectivity index is 1.11. The van der Waals surface area contributed by atoms with E-state index in [-0.39, 0.29) is 5.92 Å². The van der Waals surface area contributed by atoms with Crippen LogP contribution in [0.15, 0.2) is 224 Å². The van der Waals surface area contributed by atoms with E-state index in [2.05, 4.69) is 234 Å². The first-order valence-corrected chi connectivity index (χ1v) is 22.0. The first-order valence-electron chi connectivity index (χ1n) is 22.0. The van der Waals surface area contributed by atoms with Gasteiger partial charge in [0.05, 0.1) is 22.1 Å². The summed E-state index contributed by atoms with van der Waals surface area (Å²) in [7, 11) is 0. The molecule has 292 valence electrons. The molecule has 2 heteroatoms. The highest BCUT2D eigenvalue weighted by atomic mass is 15.0. The van der Waals surface area contributed by atoms with Crippen molar-refractivity contribution in [3.63, 3.8) is 0 Å². The second-order valence-electron chi connectivity index (χ2n) is 17.1. The summed E-state index contributed by atoms with van der Waals surface area (Å²) in [6, 6.07) is 83.9. The summed E-state index contributed by atoms with van der Waals surface area (Å²) in [5, 5.41) is 5.06. The molecule has 0 saturated heterocycles. The van der Waals surface area contributed by atoms with Crippen LogP contribution in [0.3, 0.4) is 0 Å². The van der Waals surface area contributed by atoms with Crippen molar-refractivity contribution in [1.82, 2.24) is 9.13 Å². The molecule has 14 rings (SSSR count). The molecule has 63 heavy (non-hydrogen) atoms. The Labute approximate surface area is 365 Å². The lowest BCUT2D eigenvalue weighted by Gasteiger charge is -2.28. The molecule has 0 spiro atoms. The van der Waals surface area contributed by atoms with Gasteiger partial charge in [0.25, 0.3) is 0 Å². The average molecular weight is 799 g/mol. The van der Waals surface area contributed by atoms with Gasteiger partial charge in [-0.15, -0.1) is 0 Å². The summed E-state index contributed by atoms with van der Waals surface area (Å²) < 4.78 is 4.95. The van der Waals surface area contributed by atoms with Gasteiger partial charge in [-0.05, 0) is 121 Å². The molecule has 0 amide bonds. The smallest absolute Gasteiger partial charge is 0.0541 e. The van der Waals surface area contributed by atoms with Gasteiger partial charge in [0.2, 0.25) is 0 Å². The van der Waals surface area contributed by atoms with Crippen LogP contribution >= 0.6 is 0 Å². The summed E-state index contributed by atoms with van der Waals surface area (Å²) in [5.41, 5.74) is 23.8. The fraction of sp³-hybridized carbons (Fsp3) is 0.0164. The third-order valence-corrected chi connectivity index (χ3v) is 14.0. The minimum absolute atomic E-state index is 0.0277. The first kappa shape index (κ1) is 34.5. The Morgan fingerprint density at radius 3 is 1.13 bits per heavy atom. The van der Waals surface area contributed by atoms with Crippen LogP contribution in [0.25, 0.3) is 111 Å². The lowest BCUT2D eigenvalue weighted by molar-refractivity contribution is 1.01. The largest absolute Gasteiger partial charge is 0.309 e. The van der Waals surface area contributed by atoms with Crippen molar-refractivity contribution in [1.29, 1.82) is 0 Å². The summed E-state index contributed by atoms with van der Waals surface area (Å²) >= 11 is 0. The van der Waals surface area contributed by atoms with Gasteiger partial charge in [-0.25, -0.2) is 0 Å². The molecular formula is C61H38N2. The van der Waals surface area contributed by atoms with Crippen LogP contribution in [0, 0.1) is 0 Å². The summed E-state index contributed by atoms with van der Waals surface area (Å²) in [6.45, 7) is 0. The third kappa shape index (κ3) is 4.83. The van der Waals surface area contributed by atoms with Crippen molar-refractivity contribution in [2.45, 2.75) is 5.92 Å². The van der Waals surface area contributed by atoms with Crippen LogP contribution < -0.4 is 0 Å². The minimum Gasteiger partial charge on any atom is -0.309 e. The Bertz CT molecular complexity index is 3770. The highest BCUT2D eigenvalue weighted by Crippen LogP contribution is 2.56. The zero-order valence-electron chi connectivity index (χ0n) is 34.3. The molecule has 0 radical (unpaired) electrons. The molecule has 10 aromatic carbocycles. The van der Waals surface area contributed by atoms with Crippen molar-refractivity contribution >= 4 is 43.6 Å². The molecule has 2 nitrogen and oxygen atoms in total. The molecule has 1 unspecified atom stereocenters. The third-order valence-electron chi connectivity index (χ3n) is 14.0. The molecule has 2 aliphatic rings. The topological polar surface area (TPSA) is 9.86 Å². The van der Waals surface area contributed by atoms with Gasteiger partial charge in [0.1, 0.15) is 0 Å². The number of rotatable bonds is 3. The number of para-hydroxylation sites is 4. The molecule has 0 saturated carbocycles. The molecule has 2 heterocycles. The number of benzene rings is 10. The average Bonchev–Trinajstić information content (AvgIpc) is 3.99.